The van der Waals surface area contributed by atoms with Gasteiger partial charge in [0, 0.05) is 24.6 Å². The zero-order valence-corrected chi connectivity index (χ0v) is 9.00. The van der Waals surface area contributed by atoms with Gasteiger partial charge in [-0.2, -0.15) is 5.10 Å². The van der Waals surface area contributed by atoms with Crippen molar-refractivity contribution in [3.63, 3.8) is 0 Å². The van der Waals surface area contributed by atoms with E-state index >= 15 is 0 Å². The summed E-state index contributed by atoms with van der Waals surface area (Å²) >= 11 is 0. The summed E-state index contributed by atoms with van der Waals surface area (Å²) in [6.45, 7) is 3.69. The van der Waals surface area contributed by atoms with Crippen LogP contribution in [0.4, 0.5) is 0 Å². The molecule has 1 saturated carbocycles. The van der Waals surface area contributed by atoms with Crippen LogP contribution in [0.3, 0.4) is 0 Å². The molecule has 1 fully saturated rings. The highest BCUT2D eigenvalue weighted by atomic mass is 16.1. The molecule has 0 bridgehead atoms. The molecule has 0 spiro atoms. The molecule has 0 aromatic carbocycles. The standard InChI is InChI=1S/C11H16N2O/c1-8-6-10(13(3)12-8)7-11(4-5-11)9(2)14/h6H,4-5,7H2,1-3H3. The molecule has 2 rings (SSSR count). The first kappa shape index (κ1) is 9.44. The van der Waals surface area contributed by atoms with Crippen molar-refractivity contribution in [1.29, 1.82) is 0 Å². The Morgan fingerprint density at radius 2 is 2.29 bits per heavy atom. The van der Waals surface area contributed by atoms with E-state index in [4.69, 9.17) is 0 Å². The third-order valence-electron chi connectivity index (χ3n) is 3.22. The average Bonchev–Trinajstić information content (AvgIpc) is 2.77. The SMILES string of the molecule is CC(=O)C1(Cc2cc(C)nn2C)CC1. The van der Waals surface area contributed by atoms with Gasteiger partial charge in [0.25, 0.3) is 0 Å². The van der Waals surface area contributed by atoms with E-state index in [2.05, 4.69) is 11.2 Å². The molecule has 0 N–H and O–H groups in total. The smallest absolute Gasteiger partial charge is 0.136 e. The summed E-state index contributed by atoms with van der Waals surface area (Å²) in [7, 11) is 1.94. The average molecular weight is 192 g/mol. The summed E-state index contributed by atoms with van der Waals surface area (Å²) in [5, 5.41) is 4.29. The fourth-order valence-corrected chi connectivity index (χ4v) is 1.98. The van der Waals surface area contributed by atoms with Crippen LogP contribution in [-0.4, -0.2) is 15.6 Å². The number of ketones is 1. The van der Waals surface area contributed by atoms with Crippen molar-refractivity contribution < 1.29 is 4.79 Å². The molecule has 1 aromatic rings. The maximum atomic E-state index is 11.4. The van der Waals surface area contributed by atoms with Gasteiger partial charge in [0.2, 0.25) is 0 Å². The van der Waals surface area contributed by atoms with Crippen LogP contribution in [0.2, 0.25) is 0 Å². The fourth-order valence-electron chi connectivity index (χ4n) is 1.98. The molecule has 0 unspecified atom stereocenters. The third-order valence-corrected chi connectivity index (χ3v) is 3.22. The molecule has 76 valence electrons. The van der Waals surface area contributed by atoms with E-state index < -0.39 is 0 Å². The monoisotopic (exact) mass is 192 g/mol. The highest BCUT2D eigenvalue weighted by molar-refractivity contribution is 5.85. The molecule has 0 aliphatic heterocycles. The Morgan fingerprint density at radius 3 is 2.64 bits per heavy atom. The molecule has 1 aromatic heterocycles. The Bertz CT molecular complexity index is 375. The largest absolute Gasteiger partial charge is 0.299 e. The Hall–Kier alpha value is -1.12. The number of carbonyl (C=O) groups is 1. The summed E-state index contributed by atoms with van der Waals surface area (Å²) in [6.07, 6.45) is 2.96. The number of rotatable bonds is 3. The maximum Gasteiger partial charge on any atom is 0.136 e. The molecule has 0 radical (unpaired) electrons. The summed E-state index contributed by atoms with van der Waals surface area (Å²) in [5.41, 5.74) is 2.16. The van der Waals surface area contributed by atoms with Crippen LogP contribution in [0.5, 0.6) is 0 Å². The molecule has 0 atom stereocenters. The number of Topliss-reactive ketones (excluding diaryl/α,β-unsaturated/α-hetero) is 1. The number of carbonyl (C=O) groups excluding carboxylic acids is 1. The number of nitrogens with zero attached hydrogens (tertiary/aromatic N) is 2. The van der Waals surface area contributed by atoms with Crippen LogP contribution in [-0.2, 0) is 18.3 Å². The van der Waals surface area contributed by atoms with Gasteiger partial charge in [-0.25, -0.2) is 0 Å². The molecule has 0 amide bonds. The summed E-state index contributed by atoms with van der Waals surface area (Å²) < 4.78 is 1.89. The van der Waals surface area contributed by atoms with Crippen molar-refractivity contribution in [3.05, 3.63) is 17.5 Å². The summed E-state index contributed by atoms with van der Waals surface area (Å²) in [6, 6.07) is 2.07. The molecule has 3 heteroatoms. The van der Waals surface area contributed by atoms with Crippen molar-refractivity contribution >= 4 is 5.78 Å². The highest BCUT2D eigenvalue weighted by Crippen LogP contribution is 2.49. The molecule has 1 aliphatic carbocycles. The lowest BCUT2D eigenvalue weighted by molar-refractivity contribution is -0.122. The third kappa shape index (κ3) is 1.47. The van der Waals surface area contributed by atoms with Gasteiger partial charge in [0.05, 0.1) is 5.69 Å². The topological polar surface area (TPSA) is 34.9 Å². The maximum absolute atomic E-state index is 11.4. The van der Waals surface area contributed by atoms with Crippen LogP contribution in [0.1, 0.15) is 31.2 Å². The predicted molar refractivity (Wildman–Crippen MR) is 54.0 cm³/mol. The first-order valence-corrected chi connectivity index (χ1v) is 5.04. The molecule has 0 saturated heterocycles. The predicted octanol–water partition coefficient (Wildman–Crippen LogP) is 1.64. The Labute approximate surface area is 84.1 Å². The molecular weight excluding hydrogens is 176 g/mol. The van der Waals surface area contributed by atoms with Gasteiger partial charge in [-0.1, -0.05) is 0 Å². The van der Waals surface area contributed by atoms with E-state index in [1.165, 1.54) is 5.69 Å². The Balaban J connectivity index is 2.19. The molecule has 1 heterocycles. The molecular formula is C11H16N2O. The van der Waals surface area contributed by atoms with Crippen molar-refractivity contribution in [2.24, 2.45) is 12.5 Å². The number of hydrogen-bond donors (Lipinski definition) is 0. The zero-order valence-electron chi connectivity index (χ0n) is 9.00. The highest BCUT2D eigenvalue weighted by Gasteiger charge is 2.47. The quantitative estimate of drug-likeness (QED) is 0.729. The minimum Gasteiger partial charge on any atom is -0.299 e. The van der Waals surface area contributed by atoms with E-state index in [1.807, 2.05) is 18.7 Å². The van der Waals surface area contributed by atoms with Gasteiger partial charge in [0.1, 0.15) is 5.78 Å². The lowest BCUT2D eigenvalue weighted by Gasteiger charge is -2.10. The van der Waals surface area contributed by atoms with Gasteiger partial charge in [-0.15, -0.1) is 0 Å². The van der Waals surface area contributed by atoms with Crippen molar-refractivity contribution in [2.45, 2.75) is 33.1 Å². The lowest BCUT2D eigenvalue weighted by atomic mass is 9.96. The Morgan fingerprint density at radius 1 is 1.64 bits per heavy atom. The van der Waals surface area contributed by atoms with Crippen LogP contribution in [0, 0.1) is 12.3 Å². The van der Waals surface area contributed by atoms with E-state index in [-0.39, 0.29) is 5.41 Å². The van der Waals surface area contributed by atoms with E-state index in [0.717, 1.165) is 25.0 Å². The Kier molecular flexibility index (Phi) is 1.98. The number of aromatic nitrogens is 2. The van der Waals surface area contributed by atoms with Crippen LogP contribution in [0.15, 0.2) is 6.07 Å². The van der Waals surface area contributed by atoms with Gasteiger partial charge in [0.15, 0.2) is 0 Å². The van der Waals surface area contributed by atoms with Crippen molar-refractivity contribution in [2.75, 3.05) is 0 Å². The molecule has 1 aliphatic rings. The molecule has 3 nitrogen and oxygen atoms in total. The van der Waals surface area contributed by atoms with Crippen LogP contribution >= 0.6 is 0 Å². The lowest BCUT2D eigenvalue weighted by Crippen LogP contribution is -2.16. The number of hydrogen-bond acceptors (Lipinski definition) is 2. The first-order valence-electron chi connectivity index (χ1n) is 5.04. The first-order chi connectivity index (χ1) is 6.53. The minimum atomic E-state index is -0.0414. The second-order valence-corrected chi connectivity index (χ2v) is 4.41. The van der Waals surface area contributed by atoms with Gasteiger partial charge >= 0.3 is 0 Å². The van der Waals surface area contributed by atoms with E-state index in [1.54, 1.807) is 6.92 Å². The summed E-state index contributed by atoms with van der Waals surface area (Å²) in [5.74, 6) is 0.330. The van der Waals surface area contributed by atoms with Gasteiger partial charge in [-0.05, 0) is 32.8 Å². The van der Waals surface area contributed by atoms with Gasteiger partial charge in [-0.3, -0.25) is 9.48 Å². The van der Waals surface area contributed by atoms with Gasteiger partial charge < -0.3 is 0 Å². The normalized spacial score (nSPS) is 18.2. The van der Waals surface area contributed by atoms with E-state index in [0.29, 0.717) is 5.78 Å². The van der Waals surface area contributed by atoms with Crippen molar-refractivity contribution in [3.8, 4) is 0 Å². The second-order valence-electron chi connectivity index (χ2n) is 4.41. The second kappa shape index (κ2) is 2.94. The minimum absolute atomic E-state index is 0.0414. The number of aryl methyl sites for hydroxylation is 2. The van der Waals surface area contributed by atoms with Crippen LogP contribution in [0.25, 0.3) is 0 Å². The van der Waals surface area contributed by atoms with E-state index in [9.17, 15) is 4.79 Å². The zero-order chi connectivity index (χ0) is 10.3. The van der Waals surface area contributed by atoms with Crippen LogP contribution < -0.4 is 0 Å². The fraction of sp³-hybridized carbons (Fsp3) is 0.636. The molecule has 14 heavy (non-hydrogen) atoms. The summed E-state index contributed by atoms with van der Waals surface area (Å²) in [4.78, 5) is 11.4. The van der Waals surface area contributed by atoms with Crippen molar-refractivity contribution in [1.82, 2.24) is 9.78 Å².